The van der Waals surface area contributed by atoms with E-state index < -0.39 is 23.7 Å². The van der Waals surface area contributed by atoms with Gasteiger partial charge >= 0.3 is 6.03 Å². The molecule has 2 aromatic heterocycles. The first kappa shape index (κ1) is 24.9. The number of aryl methyl sites for hydroxylation is 1. The number of nitrogens with one attached hydrogen (secondary N) is 1. The largest absolute Gasteiger partial charge is 0.323 e. The quantitative estimate of drug-likeness (QED) is 0.247. The Hall–Kier alpha value is -4.37. The average molecular weight is 542 g/mol. The van der Waals surface area contributed by atoms with E-state index in [4.69, 9.17) is 5.10 Å². The predicted molar refractivity (Wildman–Crippen MR) is 149 cm³/mol. The van der Waals surface area contributed by atoms with Crippen LogP contribution in [0.2, 0.25) is 0 Å². The van der Waals surface area contributed by atoms with E-state index in [-0.39, 0.29) is 12.2 Å². The van der Waals surface area contributed by atoms with Crippen molar-refractivity contribution in [3.05, 3.63) is 125 Å². The molecular weight excluding hydrogens is 516 g/mol. The molecule has 0 fully saturated rings. The summed E-state index contributed by atoms with van der Waals surface area (Å²) in [6.07, 6.45) is 3.97. The number of thioether (sulfide) groups is 1. The monoisotopic (exact) mass is 541 g/mol. The number of rotatable bonds is 4. The molecule has 196 valence electrons. The van der Waals surface area contributed by atoms with Crippen LogP contribution in [0.25, 0.3) is 11.5 Å². The highest BCUT2D eigenvalue weighted by atomic mass is 32.2. The van der Waals surface area contributed by atoms with Gasteiger partial charge in [-0.1, -0.05) is 30.3 Å². The highest BCUT2D eigenvalue weighted by molar-refractivity contribution is 7.98. The second-order valence-corrected chi connectivity index (χ2v) is 10.2. The molecule has 6 nitrogen and oxygen atoms in total. The fraction of sp³-hybridized carbons (Fsp3) is 0.133. The summed E-state index contributed by atoms with van der Waals surface area (Å²) in [5.41, 5.74) is 4.04. The summed E-state index contributed by atoms with van der Waals surface area (Å²) in [5, 5.41) is 7.45. The Morgan fingerprint density at radius 1 is 1.00 bits per heavy atom. The van der Waals surface area contributed by atoms with Crippen LogP contribution in [0.15, 0.2) is 96.0 Å². The first-order valence-corrected chi connectivity index (χ1v) is 13.6. The van der Waals surface area contributed by atoms with Gasteiger partial charge in [-0.25, -0.2) is 18.3 Å². The Morgan fingerprint density at radius 3 is 2.51 bits per heavy atom. The number of para-hydroxylation sites is 1. The van der Waals surface area contributed by atoms with Gasteiger partial charge in [-0.3, -0.25) is 0 Å². The number of halogens is 2. The number of urea groups is 1. The average Bonchev–Trinajstić information content (AvgIpc) is 3.51. The second kappa shape index (κ2) is 10.1. The molecule has 9 heteroatoms. The molecule has 0 radical (unpaired) electrons. The van der Waals surface area contributed by atoms with Crippen molar-refractivity contribution in [2.45, 2.75) is 24.4 Å². The van der Waals surface area contributed by atoms with E-state index >= 15 is 0 Å². The molecule has 0 bridgehead atoms. The number of hydrogen-bond acceptors (Lipinski definition) is 3. The summed E-state index contributed by atoms with van der Waals surface area (Å²) in [6, 6.07) is 23.7. The smallest absolute Gasteiger partial charge is 0.307 e. The van der Waals surface area contributed by atoms with Crippen molar-refractivity contribution in [3.8, 4) is 11.5 Å². The van der Waals surface area contributed by atoms with Gasteiger partial charge in [0, 0.05) is 22.7 Å². The van der Waals surface area contributed by atoms with Crippen LogP contribution in [-0.2, 0) is 6.54 Å². The molecule has 0 aliphatic carbocycles. The Bertz CT molecular complexity index is 1660. The molecule has 6 rings (SSSR count). The molecule has 1 atom stereocenters. The number of hydrogen-bond donors (Lipinski definition) is 1. The van der Waals surface area contributed by atoms with Gasteiger partial charge in [-0.05, 0) is 67.3 Å². The van der Waals surface area contributed by atoms with Crippen LogP contribution >= 0.6 is 11.8 Å². The van der Waals surface area contributed by atoms with E-state index in [2.05, 4.69) is 9.88 Å². The van der Waals surface area contributed by atoms with Gasteiger partial charge in [-0.2, -0.15) is 5.10 Å². The SMILES string of the molecule is CSc1ccc([C@@H]2c3cccn3-c3c(c(C)nn3-c3ccccc3)CN2C(=O)Nc2cc(F)ccc2F)cc1. The zero-order valence-corrected chi connectivity index (χ0v) is 22.1. The molecule has 0 spiro atoms. The Labute approximate surface area is 228 Å². The maximum atomic E-state index is 14.5. The van der Waals surface area contributed by atoms with Crippen molar-refractivity contribution in [1.29, 1.82) is 0 Å². The number of carbonyl (C=O) groups is 1. The molecule has 0 saturated carbocycles. The van der Waals surface area contributed by atoms with Gasteiger partial charge < -0.3 is 14.8 Å². The summed E-state index contributed by atoms with van der Waals surface area (Å²) >= 11 is 1.63. The first-order chi connectivity index (χ1) is 18.9. The molecule has 5 aromatic rings. The van der Waals surface area contributed by atoms with Crippen LogP contribution in [-0.4, -0.2) is 31.5 Å². The summed E-state index contributed by atoms with van der Waals surface area (Å²) in [7, 11) is 0. The van der Waals surface area contributed by atoms with Crippen molar-refractivity contribution in [1.82, 2.24) is 19.2 Å². The lowest BCUT2D eigenvalue weighted by atomic mass is 10.0. The molecule has 1 N–H and O–H groups in total. The van der Waals surface area contributed by atoms with Gasteiger partial charge in [0.25, 0.3) is 0 Å². The minimum Gasteiger partial charge on any atom is -0.307 e. The van der Waals surface area contributed by atoms with Crippen LogP contribution in [0.3, 0.4) is 0 Å². The van der Waals surface area contributed by atoms with Gasteiger partial charge in [0.15, 0.2) is 0 Å². The Balaban J connectivity index is 1.53. The molecule has 0 unspecified atom stereocenters. The normalized spacial score (nSPS) is 14.5. The van der Waals surface area contributed by atoms with Crippen LogP contribution in [0.5, 0.6) is 0 Å². The first-order valence-electron chi connectivity index (χ1n) is 12.4. The van der Waals surface area contributed by atoms with Crippen LogP contribution in [0.1, 0.15) is 28.6 Å². The number of amides is 2. The van der Waals surface area contributed by atoms with E-state index in [1.165, 1.54) is 0 Å². The van der Waals surface area contributed by atoms with Crippen molar-refractivity contribution in [2.24, 2.45) is 0 Å². The van der Waals surface area contributed by atoms with Gasteiger partial charge in [-0.15, -0.1) is 11.8 Å². The molecule has 1 aliphatic heterocycles. The third-order valence-corrected chi connectivity index (χ3v) is 7.69. The molecule has 3 aromatic carbocycles. The topological polar surface area (TPSA) is 55.1 Å². The third kappa shape index (κ3) is 4.48. The van der Waals surface area contributed by atoms with E-state index in [1.807, 2.05) is 90.8 Å². The highest BCUT2D eigenvalue weighted by Crippen LogP contribution is 2.39. The maximum Gasteiger partial charge on any atom is 0.323 e. The van der Waals surface area contributed by atoms with E-state index in [9.17, 15) is 13.6 Å². The van der Waals surface area contributed by atoms with Crippen molar-refractivity contribution < 1.29 is 13.6 Å². The fourth-order valence-electron chi connectivity index (χ4n) is 5.07. The number of anilines is 1. The summed E-state index contributed by atoms with van der Waals surface area (Å²) < 4.78 is 32.4. The van der Waals surface area contributed by atoms with Crippen molar-refractivity contribution in [3.63, 3.8) is 0 Å². The molecule has 3 heterocycles. The second-order valence-electron chi connectivity index (χ2n) is 9.30. The predicted octanol–water partition coefficient (Wildman–Crippen LogP) is 7.11. The maximum absolute atomic E-state index is 14.5. The minimum atomic E-state index is -0.711. The zero-order valence-electron chi connectivity index (χ0n) is 21.3. The Kier molecular flexibility index (Phi) is 6.44. The number of carbonyl (C=O) groups excluding carboxylic acids is 1. The molecular formula is C30H25F2N5OS. The lowest BCUT2D eigenvalue weighted by Gasteiger charge is -2.31. The van der Waals surface area contributed by atoms with Gasteiger partial charge in [0.2, 0.25) is 0 Å². The highest BCUT2D eigenvalue weighted by Gasteiger charge is 2.36. The number of aromatic nitrogens is 3. The van der Waals surface area contributed by atoms with E-state index in [1.54, 1.807) is 16.7 Å². The lowest BCUT2D eigenvalue weighted by molar-refractivity contribution is 0.194. The number of fused-ring (bicyclic) bond motifs is 3. The van der Waals surface area contributed by atoms with E-state index in [0.717, 1.165) is 57.1 Å². The third-order valence-electron chi connectivity index (χ3n) is 6.95. The molecule has 2 amide bonds. The van der Waals surface area contributed by atoms with Gasteiger partial charge in [0.05, 0.1) is 35.3 Å². The summed E-state index contributed by atoms with van der Waals surface area (Å²) in [5.74, 6) is -0.517. The molecule has 1 aliphatic rings. The van der Waals surface area contributed by atoms with Crippen molar-refractivity contribution >= 4 is 23.5 Å². The Morgan fingerprint density at radius 2 is 1.77 bits per heavy atom. The zero-order chi connectivity index (χ0) is 27.1. The number of benzene rings is 3. The van der Waals surface area contributed by atoms with Crippen molar-refractivity contribution in [2.75, 3.05) is 11.6 Å². The van der Waals surface area contributed by atoms with Gasteiger partial charge in [0.1, 0.15) is 17.5 Å². The molecule has 0 saturated heterocycles. The fourth-order valence-corrected chi connectivity index (χ4v) is 5.47. The van der Waals surface area contributed by atoms with E-state index in [0.29, 0.717) is 0 Å². The van der Waals surface area contributed by atoms with Crippen LogP contribution in [0.4, 0.5) is 19.3 Å². The lowest BCUT2D eigenvalue weighted by Crippen LogP contribution is -2.38. The van der Waals surface area contributed by atoms with Crippen LogP contribution in [0, 0.1) is 18.6 Å². The van der Waals surface area contributed by atoms with Crippen LogP contribution < -0.4 is 5.32 Å². The number of nitrogens with zero attached hydrogens (tertiary/aromatic N) is 4. The minimum absolute atomic E-state index is 0.202. The summed E-state index contributed by atoms with van der Waals surface area (Å²) in [4.78, 5) is 16.7. The summed E-state index contributed by atoms with van der Waals surface area (Å²) in [6.45, 7) is 2.12. The molecule has 39 heavy (non-hydrogen) atoms. The standard InChI is InChI=1S/C30H25F2N5OS/c1-19-24-18-36(30(38)33-26-17-21(31)12-15-25(26)32)28(20-10-13-23(39-2)14-11-20)27-9-6-16-35(27)29(24)37(34-19)22-7-4-3-5-8-22/h3-17,28H,18H2,1-2H3,(H,33,38)/t28-/m1/s1.